The summed E-state index contributed by atoms with van der Waals surface area (Å²) in [5.41, 5.74) is 1.61. The van der Waals surface area contributed by atoms with E-state index in [4.69, 9.17) is 9.47 Å². The van der Waals surface area contributed by atoms with Gasteiger partial charge in [0.05, 0.1) is 19.4 Å². The molecule has 2 aromatic rings. The Hall–Kier alpha value is -2.62. The summed E-state index contributed by atoms with van der Waals surface area (Å²) >= 11 is 0. The van der Waals surface area contributed by atoms with Crippen molar-refractivity contribution in [2.75, 3.05) is 13.7 Å². The first-order chi connectivity index (χ1) is 10.2. The minimum absolute atomic E-state index is 0.356. The number of hydrogen-bond donors (Lipinski definition) is 0. The van der Waals surface area contributed by atoms with Gasteiger partial charge in [-0.3, -0.25) is 4.98 Å². The normalized spacial score (nSPS) is 10.8. The molecule has 1 aromatic heterocycles. The molecule has 21 heavy (non-hydrogen) atoms. The molecule has 0 bridgehead atoms. The van der Waals surface area contributed by atoms with Crippen LogP contribution in [0.1, 0.15) is 18.2 Å². The molecule has 0 fully saturated rings. The van der Waals surface area contributed by atoms with Crippen molar-refractivity contribution in [1.29, 1.82) is 0 Å². The molecule has 0 saturated carbocycles. The third kappa shape index (κ3) is 3.28. The van der Waals surface area contributed by atoms with Crippen molar-refractivity contribution in [2.45, 2.75) is 6.92 Å². The number of rotatable bonds is 5. The van der Waals surface area contributed by atoms with Crippen LogP contribution in [-0.2, 0) is 9.53 Å². The maximum Gasteiger partial charge on any atom is 0.330 e. The number of methoxy groups -OCH3 is 1. The molecule has 0 aliphatic heterocycles. The molecule has 0 aliphatic carbocycles. The number of nitrogens with zero attached hydrogens (tertiary/aromatic N) is 1. The number of pyridine rings is 1. The smallest absolute Gasteiger partial charge is 0.330 e. The maximum absolute atomic E-state index is 11.4. The third-order valence-corrected chi connectivity index (χ3v) is 3.04. The molecule has 0 saturated heterocycles. The first-order valence-electron chi connectivity index (χ1n) is 6.63. The van der Waals surface area contributed by atoms with Crippen LogP contribution in [0.15, 0.2) is 37.1 Å². The monoisotopic (exact) mass is 283 g/mol. The predicted octanol–water partition coefficient (Wildman–Crippen LogP) is 3.46. The fourth-order valence-corrected chi connectivity index (χ4v) is 2.04. The second kappa shape index (κ2) is 6.70. The molecule has 0 aliphatic rings. The highest BCUT2D eigenvalue weighted by atomic mass is 16.5. The minimum atomic E-state index is -0.369. The lowest BCUT2D eigenvalue weighted by molar-refractivity contribution is -0.137. The lowest BCUT2D eigenvalue weighted by atomic mass is 10.0. The largest absolute Gasteiger partial charge is 0.497 e. The number of esters is 1. The molecule has 0 atom stereocenters. The molecule has 4 heteroatoms. The first kappa shape index (κ1) is 14.8. The summed E-state index contributed by atoms with van der Waals surface area (Å²) in [5.74, 6) is 0.380. The van der Waals surface area contributed by atoms with Gasteiger partial charge in [0.2, 0.25) is 0 Å². The molecular weight excluding hydrogens is 266 g/mol. The lowest BCUT2D eigenvalue weighted by Gasteiger charge is -2.07. The Bertz CT molecular complexity index is 704. The predicted molar refractivity (Wildman–Crippen MR) is 84.1 cm³/mol. The average Bonchev–Trinajstić information content (AvgIpc) is 2.52. The van der Waals surface area contributed by atoms with Crippen LogP contribution in [-0.4, -0.2) is 24.7 Å². The summed E-state index contributed by atoms with van der Waals surface area (Å²) in [6, 6.07) is 5.71. The molecule has 0 N–H and O–H groups in total. The number of hydrogen-bond acceptors (Lipinski definition) is 4. The topological polar surface area (TPSA) is 48.4 Å². The molecular formula is C17H17NO3. The van der Waals surface area contributed by atoms with Gasteiger partial charge in [0.15, 0.2) is 0 Å². The van der Waals surface area contributed by atoms with Gasteiger partial charge in [-0.25, -0.2) is 4.79 Å². The van der Waals surface area contributed by atoms with Gasteiger partial charge in [-0.15, -0.1) is 0 Å². The standard InChI is InChI=1S/C17H17NO3/c1-4-16-15-10-13(20-3)7-8-14(15)12(11-18-16)6-9-17(19)21-5-2/h4,6-11H,1,5H2,2-3H3/b9-6+. The van der Waals surface area contributed by atoms with E-state index in [-0.39, 0.29) is 5.97 Å². The zero-order valence-corrected chi connectivity index (χ0v) is 12.1. The van der Waals surface area contributed by atoms with E-state index >= 15 is 0 Å². The van der Waals surface area contributed by atoms with Gasteiger partial charge in [0.25, 0.3) is 0 Å². The number of carbonyl (C=O) groups is 1. The number of aromatic nitrogens is 1. The second-order valence-electron chi connectivity index (χ2n) is 4.30. The fraction of sp³-hybridized carbons (Fsp3) is 0.176. The molecule has 1 heterocycles. The molecule has 108 valence electrons. The summed E-state index contributed by atoms with van der Waals surface area (Å²) in [6.45, 7) is 5.90. The Kier molecular flexibility index (Phi) is 4.72. The second-order valence-corrected chi connectivity index (χ2v) is 4.30. The van der Waals surface area contributed by atoms with E-state index in [9.17, 15) is 4.79 Å². The van der Waals surface area contributed by atoms with Gasteiger partial charge < -0.3 is 9.47 Å². The Morgan fingerprint density at radius 1 is 1.38 bits per heavy atom. The fourth-order valence-electron chi connectivity index (χ4n) is 2.04. The molecule has 0 amide bonds. The summed E-state index contributed by atoms with van der Waals surface area (Å²) in [6.07, 6.45) is 6.51. The highest BCUT2D eigenvalue weighted by Gasteiger charge is 2.06. The molecule has 0 spiro atoms. The van der Waals surface area contributed by atoms with Crippen molar-refractivity contribution in [3.05, 3.63) is 48.3 Å². The zero-order valence-electron chi connectivity index (χ0n) is 12.1. The number of ether oxygens (including phenoxy) is 2. The van der Waals surface area contributed by atoms with Crippen LogP contribution >= 0.6 is 0 Å². The summed E-state index contributed by atoms with van der Waals surface area (Å²) in [7, 11) is 1.62. The van der Waals surface area contributed by atoms with E-state index in [1.807, 2.05) is 18.2 Å². The van der Waals surface area contributed by atoms with Gasteiger partial charge in [-0.05, 0) is 42.7 Å². The van der Waals surface area contributed by atoms with Crippen molar-refractivity contribution in [2.24, 2.45) is 0 Å². The summed E-state index contributed by atoms with van der Waals surface area (Å²) in [5, 5.41) is 1.90. The van der Waals surface area contributed by atoms with Crippen LogP contribution in [0, 0.1) is 0 Å². The molecule has 0 radical (unpaired) electrons. The van der Waals surface area contributed by atoms with Crippen molar-refractivity contribution in [3.63, 3.8) is 0 Å². The Morgan fingerprint density at radius 2 is 2.19 bits per heavy atom. The third-order valence-electron chi connectivity index (χ3n) is 3.04. The van der Waals surface area contributed by atoms with E-state index < -0.39 is 0 Å². The van der Waals surface area contributed by atoms with Gasteiger partial charge in [-0.2, -0.15) is 0 Å². The van der Waals surface area contributed by atoms with Crippen LogP contribution < -0.4 is 4.74 Å². The van der Waals surface area contributed by atoms with E-state index in [1.54, 1.807) is 32.4 Å². The van der Waals surface area contributed by atoms with Crippen LogP contribution in [0.4, 0.5) is 0 Å². The summed E-state index contributed by atoms with van der Waals surface area (Å²) in [4.78, 5) is 15.8. The molecule has 1 aromatic carbocycles. The Balaban J connectivity index is 2.50. The van der Waals surface area contributed by atoms with E-state index in [2.05, 4.69) is 11.6 Å². The van der Waals surface area contributed by atoms with E-state index in [0.717, 1.165) is 27.8 Å². The Labute approximate surface area is 123 Å². The highest BCUT2D eigenvalue weighted by Crippen LogP contribution is 2.27. The van der Waals surface area contributed by atoms with Crippen LogP contribution in [0.25, 0.3) is 22.9 Å². The maximum atomic E-state index is 11.4. The van der Waals surface area contributed by atoms with Crippen LogP contribution in [0.5, 0.6) is 5.75 Å². The summed E-state index contributed by atoms with van der Waals surface area (Å²) < 4.78 is 10.1. The van der Waals surface area contributed by atoms with Crippen molar-refractivity contribution in [1.82, 2.24) is 4.98 Å². The van der Waals surface area contributed by atoms with E-state index in [1.165, 1.54) is 6.08 Å². The Morgan fingerprint density at radius 3 is 2.86 bits per heavy atom. The number of fused-ring (bicyclic) bond motifs is 1. The first-order valence-corrected chi connectivity index (χ1v) is 6.63. The minimum Gasteiger partial charge on any atom is -0.497 e. The SMILES string of the molecule is C=Cc1ncc(/C=C/C(=O)OCC)c2ccc(OC)cc12. The molecule has 0 unspecified atom stereocenters. The van der Waals surface area contributed by atoms with Crippen LogP contribution in [0.3, 0.4) is 0 Å². The van der Waals surface area contributed by atoms with Gasteiger partial charge in [0, 0.05) is 23.2 Å². The van der Waals surface area contributed by atoms with Crippen molar-refractivity contribution in [3.8, 4) is 5.75 Å². The van der Waals surface area contributed by atoms with Gasteiger partial charge >= 0.3 is 5.97 Å². The van der Waals surface area contributed by atoms with Crippen molar-refractivity contribution < 1.29 is 14.3 Å². The van der Waals surface area contributed by atoms with Gasteiger partial charge in [-0.1, -0.05) is 6.58 Å². The van der Waals surface area contributed by atoms with Crippen molar-refractivity contribution >= 4 is 28.9 Å². The number of benzene rings is 1. The van der Waals surface area contributed by atoms with Crippen LogP contribution in [0.2, 0.25) is 0 Å². The highest BCUT2D eigenvalue weighted by molar-refractivity contribution is 5.97. The lowest BCUT2D eigenvalue weighted by Crippen LogP contribution is -1.98. The van der Waals surface area contributed by atoms with Gasteiger partial charge in [0.1, 0.15) is 5.75 Å². The van der Waals surface area contributed by atoms with E-state index in [0.29, 0.717) is 6.61 Å². The zero-order chi connectivity index (χ0) is 15.2. The molecule has 4 nitrogen and oxygen atoms in total. The molecule has 2 rings (SSSR count). The quantitative estimate of drug-likeness (QED) is 0.623. The average molecular weight is 283 g/mol. The number of carbonyl (C=O) groups excluding carboxylic acids is 1.